The standard InChI is InChI=1S/C13H20BrN3O2/c1-4-17(8-13(2,3)18)9-5-6-10(11(14)7-9)12(15)16-19/h5-7,18-19H,4,8H2,1-3H3,(H2,15,16). The van der Waals surface area contributed by atoms with Crippen LogP contribution >= 0.6 is 15.9 Å². The van der Waals surface area contributed by atoms with E-state index in [4.69, 9.17) is 10.9 Å². The van der Waals surface area contributed by atoms with Gasteiger partial charge in [-0.15, -0.1) is 0 Å². The first-order valence-electron chi connectivity index (χ1n) is 6.03. The highest BCUT2D eigenvalue weighted by Crippen LogP contribution is 2.25. The number of likely N-dealkylation sites (N-methyl/N-ethyl adjacent to an activating group) is 1. The average molecular weight is 330 g/mol. The number of hydrogen-bond donors (Lipinski definition) is 3. The van der Waals surface area contributed by atoms with Crippen LogP contribution in [0.4, 0.5) is 5.69 Å². The molecule has 4 N–H and O–H groups in total. The normalized spacial score (nSPS) is 12.6. The topological polar surface area (TPSA) is 82.1 Å². The van der Waals surface area contributed by atoms with Crippen LogP contribution in [0.5, 0.6) is 0 Å². The van der Waals surface area contributed by atoms with Crippen molar-refractivity contribution < 1.29 is 10.3 Å². The van der Waals surface area contributed by atoms with Gasteiger partial charge in [0.25, 0.3) is 0 Å². The maximum Gasteiger partial charge on any atom is 0.171 e. The summed E-state index contributed by atoms with van der Waals surface area (Å²) in [6.45, 7) is 6.88. The summed E-state index contributed by atoms with van der Waals surface area (Å²) in [5, 5.41) is 21.6. The van der Waals surface area contributed by atoms with Crippen molar-refractivity contribution in [2.24, 2.45) is 10.9 Å². The lowest BCUT2D eigenvalue weighted by atomic mass is 10.1. The molecular formula is C13H20BrN3O2. The van der Waals surface area contributed by atoms with Gasteiger partial charge in [-0.2, -0.15) is 0 Å². The molecule has 0 heterocycles. The van der Waals surface area contributed by atoms with Crippen LogP contribution in [0.1, 0.15) is 26.3 Å². The van der Waals surface area contributed by atoms with Crippen LogP contribution < -0.4 is 10.6 Å². The third-order valence-electron chi connectivity index (χ3n) is 2.66. The number of halogens is 1. The number of amidine groups is 1. The van der Waals surface area contributed by atoms with Gasteiger partial charge in [0, 0.05) is 28.8 Å². The number of hydrogen-bond acceptors (Lipinski definition) is 4. The van der Waals surface area contributed by atoms with E-state index in [0.29, 0.717) is 12.1 Å². The van der Waals surface area contributed by atoms with Gasteiger partial charge in [0.2, 0.25) is 0 Å². The first kappa shape index (κ1) is 15.8. The second-order valence-electron chi connectivity index (χ2n) is 4.98. The lowest BCUT2D eigenvalue weighted by Gasteiger charge is -2.30. The number of nitrogens with two attached hydrogens (primary N) is 1. The number of aliphatic hydroxyl groups is 1. The minimum absolute atomic E-state index is 0.0592. The first-order chi connectivity index (χ1) is 8.78. The number of rotatable bonds is 5. The van der Waals surface area contributed by atoms with E-state index >= 15 is 0 Å². The van der Waals surface area contributed by atoms with Gasteiger partial charge in [-0.25, -0.2) is 0 Å². The van der Waals surface area contributed by atoms with Gasteiger partial charge >= 0.3 is 0 Å². The molecule has 0 bridgehead atoms. The van der Waals surface area contributed by atoms with Crippen LogP contribution in [0, 0.1) is 0 Å². The monoisotopic (exact) mass is 329 g/mol. The molecule has 6 heteroatoms. The fourth-order valence-electron chi connectivity index (χ4n) is 1.82. The molecule has 19 heavy (non-hydrogen) atoms. The van der Waals surface area contributed by atoms with Gasteiger partial charge in [-0.1, -0.05) is 5.16 Å². The summed E-state index contributed by atoms with van der Waals surface area (Å²) in [5.74, 6) is 0.0592. The molecule has 1 aromatic carbocycles. The summed E-state index contributed by atoms with van der Waals surface area (Å²) in [4.78, 5) is 2.06. The summed E-state index contributed by atoms with van der Waals surface area (Å²) >= 11 is 3.40. The van der Waals surface area contributed by atoms with E-state index in [-0.39, 0.29) is 5.84 Å². The highest BCUT2D eigenvalue weighted by atomic mass is 79.9. The number of oxime groups is 1. The summed E-state index contributed by atoms with van der Waals surface area (Å²) in [6, 6.07) is 5.55. The second kappa shape index (κ2) is 6.25. The van der Waals surface area contributed by atoms with E-state index in [9.17, 15) is 5.11 Å². The van der Waals surface area contributed by atoms with Crippen LogP contribution in [0.2, 0.25) is 0 Å². The second-order valence-corrected chi connectivity index (χ2v) is 5.83. The Bertz CT molecular complexity index is 469. The summed E-state index contributed by atoms with van der Waals surface area (Å²) < 4.78 is 0.745. The Hall–Kier alpha value is -1.27. The zero-order valence-corrected chi connectivity index (χ0v) is 13.0. The van der Waals surface area contributed by atoms with Crippen LogP contribution in [0.15, 0.2) is 27.8 Å². The number of benzene rings is 1. The van der Waals surface area contributed by atoms with Gasteiger partial charge < -0.3 is 20.9 Å². The summed E-state index contributed by atoms with van der Waals surface area (Å²) in [5.41, 5.74) is 6.39. The maximum atomic E-state index is 9.91. The number of nitrogens with zero attached hydrogens (tertiary/aromatic N) is 2. The largest absolute Gasteiger partial charge is 0.409 e. The molecule has 0 amide bonds. The van der Waals surface area contributed by atoms with Gasteiger partial charge in [-0.3, -0.25) is 0 Å². The molecule has 0 aliphatic rings. The van der Waals surface area contributed by atoms with Crippen molar-refractivity contribution in [1.29, 1.82) is 0 Å². The van der Waals surface area contributed by atoms with Crippen molar-refractivity contribution in [3.63, 3.8) is 0 Å². The van der Waals surface area contributed by atoms with Gasteiger partial charge in [-0.05, 0) is 54.9 Å². The van der Waals surface area contributed by atoms with Crippen LogP contribution in [0.3, 0.4) is 0 Å². The molecule has 0 saturated heterocycles. The van der Waals surface area contributed by atoms with Crippen molar-refractivity contribution in [3.8, 4) is 0 Å². The predicted octanol–water partition coefficient (Wildman–Crippen LogP) is 2.14. The highest BCUT2D eigenvalue weighted by molar-refractivity contribution is 9.10. The lowest BCUT2D eigenvalue weighted by molar-refractivity contribution is 0.0876. The van der Waals surface area contributed by atoms with Gasteiger partial charge in [0.1, 0.15) is 0 Å². The van der Waals surface area contributed by atoms with E-state index in [0.717, 1.165) is 16.7 Å². The van der Waals surface area contributed by atoms with Crippen LogP contribution in [-0.2, 0) is 0 Å². The van der Waals surface area contributed by atoms with Crippen molar-refractivity contribution in [2.75, 3.05) is 18.0 Å². The Balaban J connectivity index is 3.05. The quantitative estimate of drug-likeness (QED) is 0.334. The molecule has 0 aliphatic heterocycles. The molecule has 0 fully saturated rings. The van der Waals surface area contributed by atoms with Gasteiger partial charge in [0.05, 0.1) is 5.60 Å². The van der Waals surface area contributed by atoms with E-state index in [1.54, 1.807) is 19.9 Å². The van der Waals surface area contributed by atoms with E-state index in [1.807, 2.05) is 19.1 Å². The Morgan fingerprint density at radius 1 is 1.47 bits per heavy atom. The lowest BCUT2D eigenvalue weighted by Crippen LogP contribution is -2.38. The Morgan fingerprint density at radius 2 is 2.11 bits per heavy atom. The van der Waals surface area contributed by atoms with Gasteiger partial charge in [0.15, 0.2) is 5.84 Å². The molecule has 1 rings (SSSR count). The van der Waals surface area contributed by atoms with Crippen LogP contribution in [0.25, 0.3) is 0 Å². The Kier molecular flexibility index (Phi) is 5.20. The molecule has 0 aromatic heterocycles. The molecule has 106 valence electrons. The maximum absolute atomic E-state index is 9.91. The highest BCUT2D eigenvalue weighted by Gasteiger charge is 2.18. The van der Waals surface area contributed by atoms with Crippen molar-refractivity contribution in [1.82, 2.24) is 0 Å². The fraction of sp³-hybridized carbons (Fsp3) is 0.462. The molecule has 0 saturated carbocycles. The molecule has 0 unspecified atom stereocenters. The zero-order chi connectivity index (χ0) is 14.6. The molecule has 0 atom stereocenters. The first-order valence-corrected chi connectivity index (χ1v) is 6.82. The van der Waals surface area contributed by atoms with E-state index < -0.39 is 5.60 Å². The molecular weight excluding hydrogens is 310 g/mol. The average Bonchev–Trinajstić information content (AvgIpc) is 2.33. The minimum Gasteiger partial charge on any atom is -0.409 e. The van der Waals surface area contributed by atoms with Crippen molar-refractivity contribution >= 4 is 27.5 Å². The molecule has 0 aliphatic carbocycles. The molecule has 5 nitrogen and oxygen atoms in total. The SMILES string of the molecule is CCN(CC(C)(C)O)c1ccc(/C(N)=N/O)c(Br)c1. The molecule has 0 spiro atoms. The third kappa shape index (κ3) is 4.40. The Labute approximate surface area is 121 Å². The van der Waals surface area contributed by atoms with E-state index in [2.05, 4.69) is 26.0 Å². The van der Waals surface area contributed by atoms with E-state index in [1.165, 1.54) is 0 Å². The predicted molar refractivity (Wildman–Crippen MR) is 80.8 cm³/mol. The third-order valence-corrected chi connectivity index (χ3v) is 3.32. The summed E-state index contributed by atoms with van der Waals surface area (Å²) in [6.07, 6.45) is 0. The Morgan fingerprint density at radius 3 is 2.53 bits per heavy atom. The smallest absolute Gasteiger partial charge is 0.171 e. The number of anilines is 1. The van der Waals surface area contributed by atoms with Crippen LogP contribution in [-0.4, -0.2) is 34.8 Å². The molecule has 0 radical (unpaired) electrons. The fourth-order valence-corrected chi connectivity index (χ4v) is 2.38. The van der Waals surface area contributed by atoms with Crippen molar-refractivity contribution in [3.05, 3.63) is 28.2 Å². The van der Waals surface area contributed by atoms with Crippen molar-refractivity contribution in [2.45, 2.75) is 26.4 Å². The zero-order valence-electron chi connectivity index (χ0n) is 11.4. The minimum atomic E-state index is -0.771. The molecule has 1 aromatic rings. The summed E-state index contributed by atoms with van der Waals surface area (Å²) in [7, 11) is 0.